The summed E-state index contributed by atoms with van der Waals surface area (Å²) in [4.78, 5) is 4.04. The van der Waals surface area contributed by atoms with E-state index in [0.717, 1.165) is 24.0 Å². The topological polar surface area (TPSA) is 21.6 Å². The van der Waals surface area contributed by atoms with Gasteiger partial charge in [-0.15, -0.1) is 0 Å². The number of methoxy groups -OCH3 is 1. The lowest BCUT2D eigenvalue weighted by Gasteiger charge is -2.13. The lowest BCUT2D eigenvalue weighted by atomic mass is 10.00. The Balaban J connectivity index is 4.37. The normalized spacial score (nSPS) is 14.1. The molecule has 3 heteroatoms. The Kier molecular flexibility index (Phi) is 7.54. The van der Waals surface area contributed by atoms with Gasteiger partial charge in [0.1, 0.15) is 0 Å². The molecule has 0 bridgehead atoms. The predicted molar refractivity (Wildman–Crippen MR) is 71.2 cm³/mol. The van der Waals surface area contributed by atoms with Gasteiger partial charge in [-0.25, -0.2) is 0 Å². The minimum absolute atomic E-state index is 0.194. The van der Waals surface area contributed by atoms with Crippen molar-refractivity contribution >= 4 is 14.6 Å². The van der Waals surface area contributed by atoms with Crippen LogP contribution in [0.25, 0.3) is 0 Å². The Hall–Kier alpha value is -0.460. The third-order valence-corrected chi connectivity index (χ3v) is 3.51. The van der Waals surface area contributed by atoms with Crippen molar-refractivity contribution < 1.29 is 4.74 Å². The van der Waals surface area contributed by atoms with Gasteiger partial charge in [-0.05, 0) is 38.5 Å². The van der Waals surface area contributed by atoms with Crippen molar-refractivity contribution in [2.24, 2.45) is 10.9 Å². The van der Waals surface area contributed by atoms with E-state index in [-0.39, 0.29) is 7.92 Å². The number of rotatable bonds is 7. The van der Waals surface area contributed by atoms with Gasteiger partial charge >= 0.3 is 0 Å². The average molecular weight is 227 g/mol. The van der Waals surface area contributed by atoms with Crippen LogP contribution in [0.15, 0.2) is 28.7 Å². The van der Waals surface area contributed by atoms with Crippen LogP contribution in [-0.4, -0.2) is 33.8 Å². The first-order valence-electron chi connectivity index (χ1n) is 5.06. The van der Waals surface area contributed by atoms with E-state index in [1.54, 1.807) is 7.11 Å². The average Bonchev–Trinajstić information content (AvgIpc) is 2.21. The summed E-state index contributed by atoms with van der Waals surface area (Å²) < 4.78 is 5.05. The molecular formula is C12H22NOP. The van der Waals surface area contributed by atoms with Crippen molar-refractivity contribution in [1.82, 2.24) is 0 Å². The van der Waals surface area contributed by atoms with Gasteiger partial charge in [-0.2, -0.15) is 0 Å². The van der Waals surface area contributed by atoms with Crippen molar-refractivity contribution in [3.05, 3.63) is 23.7 Å². The molecule has 0 radical (unpaired) electrons. The number of hydrogen-bond acceptors (Lipinski definition) is 2. The molecule has 15 heavy (non-hydrogen) atoms. The number of ether oxygens (including phenoxy) is 1. The molecule has 0 spiro atoms. The summed E-state index contributed by atoms with van der Waals surface area (Å²) in [6.07, 6.45) is 3.07. The Morgan fingerprint density at radius 1 is 1.53 bits per heavy atom. The smallest absolute Gasteiger partial charge is 0.0620 e. The van der Waals surface area contributed by atoms with E-state index in [0.29, 0.717) is 5.92 Å². The number of hydrogen-bond donors (Lipinski definition) is 0. The highest BCUT2D eigenvalue weighted by atomic mass is 31.1. The monoisotopic (exact) mass is 227 g/mol. The van der Waals surface area contributed by atoms with Gasteiger partial charge in [0.2, 0.25) is 0 Å². The fraction of sp³-hybridized carbons (Fsp3) is 0.583. The van der Waals surface area contributed by atoms with Crippen molar-refractivity contribution in [2.45, 2.75) is 13.3 Å². The Morgan fingerprint density at radius 2 is 2.13 bits per heavy atom. The zero-order chi connectivity index (χ0) is 11.8. The molecule has 0 aliphatic heterocycles. The third kappa shape index (κ3) is 5.86. The second kappa shape index (κ2) is 7.78. The Morgan fingerprint density at radius 3 is 2.53 bits per heavy atom. The fourth-order valence-corrected chi connectivity index (χ4v) is 1.81. The lowest BCUT2D eigenvalue weighted by molar-refractivity contribution is 0.185. The van der Waals surface area contributed by atoms with E-state index in [1.165, 1.54) is 0 Å². The van der Waals surface area contributed by atoms with E-state index in [1.807, 2.05) is 0 Å². The second-order valence-electron chi connectivity index (χ2n) is 3.81. The number of aliphatic imine (C=N–C) groups is 1. The van der Waals surface area contributed by atoms with Crippen LogP contribution in [0.1, 0.15) is 13.3 Å². The molecule has 1 unspecified atom stereocenters. The summed E-state index contributed by atoms with van der Waals surface area (Å²) in [6, 6.07) is 0. The van der Waals surface area contributed by atoms with E-state index >= 15 is 0 Å². The van der Waals surface area contributed by atoms with Crippen LogP contribution in [0, 0.1) is 5.92 Å². The Labute approximate surface area is 94.9 Å². The maximum atomic E-state index is 5.05. The summed E-state index contributed by atoms with van der Waals surface area (Å²) in [5, 5.41) is 0. The zero-order valence-electron chi connectivity index (χ0n) is 10.3. The minimum atomic E-state index is -0.194. The SMILES string of the molecule is C=N/C(=C\C(=C)C(C)CCOC)P(C)C. The summed E-state index contributed by atoms with van der Waals surface area (Å²) in [5.41, 5.74) is 2.19. The molecule has 0 aromatic rings. The maximum Gasteiger partial charge on any atom is 0.0620 e. The quantitative estimate of drug-likeness (QED) is 0.370. The molecule has 0 aromatic heterocycles. The van der Waals surface area contributed by atoms with E-state index in [4.69, 9.17) is 4.74 Å². The molecule has 1 atom stereocenters. The molecule has 0 aliphatic rings. The van der Waals surface area contributed by atoms with Crippen LogP contribution >= 0.6 is 7.92 Å². The highest BCUT2D eigenvalue weighted by Gasteiger charge is 2.07. The number of allylic oxidation sites excluding steroid dienone is 2. The molecule has 86 valence electrons. The van der Waals surface area contributed by atoms with E-state index in [9.17, 15) is 0 Å². The maximum absolute atomic E-state index is 5.05. The van der Waals surface area contributed by atoms with Gasteiger partial charge in [0.05, 0.1) is 5.44 Å². The molecule has 0 fully saturated rings. The fourth-order valence-electron chi connectivity index (χ4n) is 1.10. The predicted octanol–water partition coefficient (Wildman–Crippen LogP) is 3.50. The Bertz CT molecular complexity index is 246. The van der Waals surface area contributed by atoms with Gasteiger partial charge in [-0.3, -0.25) is 4.99 Å². The van der Waals surface area contributed by atoms with Gasteiger partial charge in [-0.1, -0.05) is 27.0 Å². The second-order valence-corrected chi connectivity index (χ2v) is 6.06. The van der Waals surface area contributed by atoms with Crippen LogP contribution in [0.4, 0.5) is 0 Å². The van der Waals surface area contributed by atoms with Crippen LogP contribution in [-0.2, 0) is 4.74 Å². The van der Waals surface area contributed by atoms with Crippen molar-refractivity contribution in [3.63, 3.8) is 0 Å². The van der Waals surface area contributed by atoms with Crippen LogP contribution in [0.5, 0.6) is 0 Å². The molecular weight excluding hydrogens is 205 g/mol. The molecule has 0 N–H and O–H groups in total. The standard InChI is InChI=1S/C12H22NOP/c1-10(7-8-14-4)11(2)9-12(13-3)15(5)6/h9-10H,2-3,7-8H2,1,4-6H3/b12-9+. The van der Waals surface area contributed by atoms with Crippen molar-refractivity contribution in [2.75, 3.05) is 27.0 Å². The minimum Gasteiger partial charge on any atom is -0.385 e. The highest BCUT2D eigenvalue weighted by molar-refractivity contribution is 7.60. The first-order valence-corrected chi connectivity index (χ1v) is 7.30. The largest absolute Gasteiger partial charge is 0.385 e. The third-order valence-electron chi connectivity index (χ3n) is 2.32. The first-order chi connectivity index (χ1) is 7.02. The molecule has 0 amide bonds. The van der Waals surface area contributed by atoms with Crippen molar-refractivity contribution in [3.8, 4) is 0 Å². The summed E-state index contributed by atoms with van der Waals surface area (Å²) in [5.74, 6) is 0.441. The summed E-state index contributed by atoms with van der Waals surface area (Å²) in [6.45, 7) is 14.9. The first kappa shape index (κ1) is 14.5. The van der Waals surface area contributed by atoms with E-state index in [2.05, 4.69) is 44.6 Å². The number of nitrogens with zero attached hydrogens (tertiary/aromatic N) is 1. The molecule has 2 nitrogen and oxygen atoms in total. The molecule has 0 saturated heterocycles. The van der Waals surface area contributed by atoms with Gasteiger partial charge < -0.3 is 4.74 Å². The van der Waals surface area contributed by atoms with Gasteiger partial charge in [0.25, 0.3) is 0 Å². The molecule has 0 heterocycles. The van der Waals surface area contributed by atoms with Gasteiger partial charge in [0, 0.05) is 13.7 Å². The highest BCUT2D eigenvalue weighted by Crippen LogP contribution is 2.38. The molecule has 0 saturated carbocycles. The molecule has 0 aromatic carbocycles. The zero-order valence-corrected chi connectivity index (χ0v) is 11.2. The summed E-state index contributed by atoms with van der Waals surface area (Å²) >= 11 is 0. The van der Waals surface area contributed by atoms with Crippen LogP contribution < -0.4 is 0 Å². The molecule has 0 aliphatic carbocycles. The van der Waals surface area contributed by atoms with Gasteiger partial charge in [0.15, 0.2) is 0 Å². The van der Waals surface area contributed by atoms with E-state index < -0.39 is 0 Å². The van der Waals surface area contributed by atoms with Crippen molar-refractivity contribution in [1.29, 1.82) is 0 Å². The molecule has 0 rings (SSSR count). The lowest BCUT2D eigenvalue weighted by Crippen LogP contribution is -2.01. The van der Waals surface area contributed by atoms with Crippen LogP contribution in [0.3, 0.4) is 0 Å². The van der Waals surface area contributed by atoms with Crippen LogP contribution in [0.2, 0.25) is 0 Å². The summed E-state index contributed by atoms with van der Waals surface area (Å²) in [7, 11) is 1.53.